The van der Waals surface area contributed by atoms with Gasteiger partial charge in [0.2, 0.25) is 0 Å². The van der Waals surface area contributed by atoms with Gasteiger partial charge in [0.15, 0.2) is 0 Å². The van der Waals surface area contributed by atoms with Gasteiger partial charge in [0.25, 0.3) is 0 Å². The average molecular weight is 215 g/mol. The highest BCUT2D eigenvalue weighted by atomic mass is 15.0. The van der Waals surface area contributed by atoms with Crippen molar-refractivity contribution in [2.45, 2.75) is 45.2 Å². The fourth-order valence-electron chi connectivity index (χ4n) is 1.80. The molecule has 1 atom stereocenters. The fourth-order valence-corrected chi connectivity index (χ4v) is 1.80. The molecule has 1 unspecified atom stereocenters. The van der Waals surface area contributed by atoms with Crippen LogP contribution >= 0.6 is 0 Å². The maximum Gasteiger partial charge on any atom is 0.0662 e. The van der Waals surface area contributed by atoms with Crippen LogP contribution in [-0.4, -0.2) is 11.6 Å². The molecule has 1 rings (SSSR count). The maximum atomic E-state index is 5.37. The lowest BCUT2D eigenvalue weighted by Crippen LogP contribution is -2.44. The van der Waals surface area contributed by atoms with E-state index in [9.17, 15) is 0 Å². The quantitative estimate of drug-likeness (QED) is 0.745. The minimum absolute atomic E-state index is 0.0849. The summed E-state index contributed by atoms with van der Waals surface area (Å²) in [7, 11) is 0. The SMILES string of the molecule is C#CC(C)NC(C)(C)CCc1ccccc1. The van der Waals surface area contributed by atoms with Crippen molar-refractivity contribution < 1.29 is 0 Å². The Morgan fingerprint density at radius 1 is 1.31 bits per heavy atom. The normalized spacial score (nSPS) is 13.1. The summed E-state index contributed by atoms with van der Waals surface area (Å²) in [6, 6.07) is 10.7. The number of hydrogen-bond acceptors (Lipinski definition) is 1. The van der Waals surface area contributed by atoms with Gasteiger partial charge in [0.1, 0.15) is 0 Å². The van der Waals surface area contributed by atoms with Gasteiger partial charge in [0.05, 0.1) is 6.04 Å². The molecule has 0 spiro atoms. The van der Waals surface area contributed by atoms with Crippen LogP contribution in [0.1, 0.15) is 32.8 Å². The van der Waals surface area contributed by atoms with Crippen molar-refractivity contribution >= 4 is 0 Å². The number of aryl methyl sites for hydroxylation is 1. The number of terminal acetylenes is 1. The standard InChI is InChI=1S/C15H21N/c1-5-13(2)16-15(3,4)12-11-14-9-7-6-8-10-14/h1,6-10,13,16H,11-12H2,2-4H3. The van der Waals surface area contributed by atoms with Crippen molar-refractivity contribution in [2.24, 2.45) is 0 Å². The second-order valence-electron chi connectivity index (χ2n) is 4.90. The van der Waals surface area contributed by atoms with E-state index in [1.54, 1.807) is 0 Å². The lowest BCUT2D eigenvalue weighted by Gasteiger charge is -2.28. The molecule has 0 fully saturated rings. The zero-order valence-electron chi connectivity index (χ0n) is 10.5. The van der Waals surface area contributed by atoms with Crippen LogP contribution in [0.25, 0.3) is 0 Å². The molecule has 0 aliphatic carbocycles. The zero-order chi connectivity index (χ0) is 12.0. The summed E-state index contributed by atoms with van der Waals surface area (Å²) in [5.41, 5.74) is 1.47. The van der Waals surface area contributed by atoms with Gasteiger partial charge < -0.3 is 0 Å². The highest BCUT2D eigenvalue weighted by Gasteiger charge is 2.18. The van der Waals surface area contributed by atoms with E-state index in [0.29, 0.717) is 0 Å². The molecule has 0 amide bonds. The zero-order valence-corrected chi connectivity index (χ0v) is 10.5. The number of hydrogen-bond donors (Lipinski definition) is 1. The van der Waals surface area contributed by atoms with Crippen LogP contribution < -0.4 is 5.32 Å². The molecule has 86 valence electrons. The maximum absolute atomic E-state index is 5.37. The van der Waals surface area contributed by atoms with Crippen LogP contribution in [0.3, 0.4) is 0 Å². The summed E-state index contributed by atoms with van der Waals surface area (Å²) in [6.07, 6.45) is 7.54. The molecule has 1 aromatic rings. The van der Waals surface area contributed by atoms with Crippen LogP contribution in [-0.2, 0) is 6.42 Å². The van der Waals surface area contributed by atoms with Gasteiger partial charge in [-0.2, -0.15) is 0 Å². The van der Waals surface area contributed by atoms with Crippen LogP contribution in [0.2, 0.25) is 0 Å². The first kappa shape index (κ1) is 12.8. The summed E-state index contributed by atoms with van der Waals surface area (Å²) in [4.78, 5) is 0. The minimum Gasteiger partial charge on any atom is -0.299 e. The minimum atomic E-state index is 0.0849. The van der Waals surface area contributed by atoms with E-state index in [2.05, 4.69) is 49.4 Å². The van der Waals surface area contributed by atoms with Crippen molar-refractivity contribution in [2.75, 3.05) is 0 Å². The Labute approximate surface area is 99.3 Å². The van der Waals surface area contributed by atoms with Crippen LogP contribution in [0.5, 0.6) is 0 Å². The largest absolute Gasteiger partial charge is 0.299 e. The third-order valence-corrected chi connectivity index (χ3v) is 2.74. The molecular weight excluding hydrogens is 194 g/mol. The summed E-state index contributed by atoms with van der Waals surface area (Å²) in [5.74, 6) is 2.71. The Morgan fingerprint density at radius 3 is 2.50 bits per heavy atom. The summed E-state index contributed by atoms with van der Waals surface area (Å²) in [5, 5.41) is 3.44. The Bertz CT molecular complexity index is 345. The van der Waals surface area contributed by atoms with Crippen molar-refractivity contribution in [3.63, 3.8) is 0 Å². The van der Waals surface area contributed by atoms with Crippen LogP contribution in [0.4, 0.5) is 0 Å². The first-order valence-electron chi connectivity index (χ1n) is 5.81. The second kappa shape index (κ2) is 5.72. The smallest absolute Gasteiger partial charge is 0.0662 e. The first-order chi connectivity index (χ1) is 7.53. The molecule has 0 aliphatic rings. The van der Waals surface area contributed by atoms with E-state index >= 15 is 0 Å². The molecule has 1 nitrogen and oxygen atoms in total. The first-order valence-corrected chi connectivity index (χ1v) is 5.81. The Morgan fingerprint density at radius 2 is 1.94 bits per heavy atom. The lowest BCUT2D eigenvalue weighted by molar-refractivity contribution is 0.349. The van der Waals surface area contributed by atoms with Crippen molar-refractivity contribution in [1.82, 2.24) is 5.32 Å². The molecule has 16 heavy (non-hydrogen) atoms. The summed E-state index contributed by atoms with van der Waals surface area (Å²) < 4.78 is 0. The Balaban J connectivity index is 2.45. The molecule has 1 aromatic carbocycles. The topological polar surface area (TPSA) is 12.0 Å². The predicted molar refractivity (Wildman–Crippen MR) is 70.3 cm³/mol. The molecule has 0 saturated heterocycles. The van der Waals surface area contributed by atoms with Gasteiger partial charge in [-0.1, -0.05) is 36.3 Å². The fraction of sp³-hybridized carbons (Fsp3) is 0.467. The molecule has 0 aromatic heterocycles. The molecule has 0 bridgehead atoms. The van der Waals surface area contributed by atoms with E-state index in [0.717, 1.165) is 12.8 Å². The number of nitrogens with one attached hydrogen (secondary N) is 1. The molecule has 0 saturated carbocycles. The third-order valence-electron chi connectivity index (χ3n) is 2.74. The van der Waals surface area contributed by atoms with Gasteiger partial charge >= 0.3 is 0 Å². The molecule has 0 radical (unpaired) electrons. The third kappa shape index (κ3) is 4.51. The van der Waals surface area contributed by atoms with Gasteiger partial charge in [-0.25, -0.2) is 0 Å². The molecular formula is C15H21N. The van der Waals surface area contributed by atoms with E-state index in [1.165, 1.54) is 5.56 Å². The van der Waals surface area contributed by atoms with Crippen molar-refractivity contribution in [3.8, 4) is 12.3 Å². The predicted octanol–water partition coefficient (Wildman–Crippen LogP) is 3.01. The monoisotopic (exact) mass is 215 g/mol. The van der Waals surface area contributed by atoms with Gasteiger partial charge in [-0.15, -0.1) is 6.42 Å². The van der Waals surface area contributed by atoms with Crippen molar-refractivity contribution in [1.29, 1.82) is 0 Å². The summed E-state index contributed by atoms with van der Waals surface area (Å²) in [6.45, 7) is 6.41. The number of benzene rings is 1. The highest BCUT2D eigenvalue weighted by molar-refractivity contribution is 5.15. The van der Waals surface area contributed by atoms with Gasteiger partial charge in [-0.3, -0.25) is 5.32 Å². The van der Waals surface area contributed by atoms with Gasteiger partial charge in [0, 0.05) is 5.54 Å². The Kier molecular flexibility index (Phi) is 4.58. The van der Waals surface area contributed by atoms with Crippen molar-refractivity contribution in [3.05, 3.63) is 35.9 Å². The molecule has 0 aliphatic heterocycles. The van der Waals surface area contributed by atoms with E-state index in [4.69, 9.17) is 6.42 Å². The number of rotatable bonds is 5. The lowest BCUT2D eigenvalue weighted by atomic mass is 9.94. The molecule has 1 heteroatoms. The summed E-state index contributed by atoms with van der Waals surface area (Å²) >= 11 is 0. The average Bonchev–Trinajstić information content (AvgIpc) is 2.27. The van der Waals surface area contributed by atoms with E-state index < -0.39 is 0 Å². The van der Waals surface area contributed by atoms with Crippen LogP contribution in [0, 0.1) is 12.3 Å². The van der Waals surface area contributed by atoms with E-state index in [1.807, 2.05) is 13.0 Å². The van der Waals surface area contributed by atoms with Crippen LogP contribution in [0.15, 0.2) is 30.3 Å². The molecule has 1 N–H and O–H groups in total. The van der Waals surface area contributed by atoms with Gasteiger partial charge in [-0.05, 0) is 39.2 Å². The second-order valence-corrected chi connectivity index (χ2v) is 4.90. The molecule has 0 heterocycles. The Hall–Kier alpha value is -1.26. The highest BCUT2D eigenvalue weighted by Crippen LogP contribution is 2.14. The van der Waals surface area contributed by atoms with E-state index in [-0.39, 0.29) is 11.6 Å².